The summed E-state index contributed by atoms with van der Waals surface area (Å²) in [4.78, 5) is 23.0. The van der Waals surface area contributed by atoms with E-state index in [1.165, 1.54) is 30.1 Å². The molecule has 156 valence electrons. The van der Waals surface area contributed by atoms with Crippen molar-refractivity contribution in [3.8, 4) is 16.9 Å². The zero-order valence-electron chi connectivity index (χ0n) is 16.9. The van der Waals surface area contributed by atoms with Gasteiger partial charge in [0.1, 0.15) is 5.65 Å². The number of amides is 1. The zero-order chi connectivity index (χ0) is 21.4. The first-order chi connectivity index (χ1) is 15.1. The minimum Gasteiger partial charge on any atom is -0.494 e. The number of aromatic nitrogens is 2. The van der Waals surface area contributed by atoms with Gasteiger partial charge in [-0.25, -0.2) is 9.37 Å². The molecule has 5 rings (SSSR count). The van der Waals surface area contributed by atoms with Crippen molar-refractivity contribution in [2.24, 2.45) is 0 Å². The Morgan fingerprint density at radius 1 is 1.26 bits per heavy atom. The molecule has 4 aromatic rings. The van der Waals surface area contributed by atoms with Crippen molar-refractivity contribution in [1.29, 1.82) is 0 Å². The topological polar surface area (TPSA) is 58.2 Å². The van der Waals surface area contributed by atoms with E-state index in [-0.39, 0.29) is 11.7 Å². The van der Waals surface area contributed by atoms with Crippen LogP contribution in [0.2, 0.25) is 0 Å². The number of methoxy groups -OCH3 is 1. The van der Waals surface area contributed by atoms with Gasteiger partial charge >= 0.3 is 0 Å². The molecule has 0 atom stereocenters. The highest BCUT2D eigenvalue weighted by atomic mass is 32.1. The van der Waals surface area contributed by atoms with Crippen molar-refractivity contribution in [3.63, 3.8) is 0 Å². The van der Waals surface area contributed by atoms with Crippen LogP contribution in [0.25, 0.3) is 27.7 Å². The number of pyridine rings is 1. The number of aromatic amines is 1. The van der Waals surface area contributed by atoms with E-state index in [1.54, 1.807) is 12.3 Å². The monoisotopic (exact) mass is 433 g/mol. The number of thiophene rings is 1. The van der Waals surface area contributed by atoms with Crippen molar-refractivity contribution < 1.29 is 13.9 Å². The van der Waals surface area contributed by atoms with E-state index in [0.717, 1.165) is 39.0 Å². The van der Waals surface area contributed by atoms with Crippen LogP contribution in [-0.2, 0) is 0 Å². The Morgan fingerprint density at radius 2 is 2.16 bits per heavy atom. The molecule has 1 aromatic carbocycles. The maximum absolute atomic E-state index is 14.2. The van der Waals surface area contributed by atoms with Crippen LogP contribution in [0.15, 0.2) is 60.2 Å². The molecule has 0 saturated carbocycles. The normalized spacial score (nSPS) is 14.0. The molecule has 1 N–H and O–H groups in total. The highest BCUT2D eigenvalue weighted by Crippen LogP contribution is 2.32. The van der Waals surface area contributed by atoms with Crippen LogP contribution in [0.5, 0.6) is 5.75 Å². The number of hydrogen-bond donors (Lipinski definition) is 1. The van der Waals surface area contributed by atoms with Crippen molar-refractivity contribution >= 4 is 33.9 Å². The van der Waals surface area contributed by atoms with Crippen LogP contribution in [0, 0.1) is 5.82 Å². The number of carbonyl (C=O) groups excluding carboxylic acids is 1. The lowest BCUT2D eigenvalue weighted by Crippen LogP contribution is -2.34. The molecule has 1 aliphatic heterocycles. The number of halogens is 1. The molecule has 7 heteroatoms. The minimum atomic E-state index is -0.403. The minimum absolute atomic E-state index is 0.0784. The number of H-pyrrole nitrogens is 1. The van der Waals surface area contributed by atoms with Crippen LogP contribution in [0.1, 0.15) is 21.7 Å². The molecule has 0 fully saturated rings. The summed E-state index contributed by atoms with van der Waals surface area (Å²) in [5.74, 6) is -0.108. The first-order valence-electron chi connectivity index (χ1n) is 9.97. The Morgan fingerprint density at radius 3 is 2.87 bits per heavy atom. The second-order valence-electron chi connectivity index (χ2n) is 7.38. The van der Waals surface area contributed by atoms with Crippen molar-refractivity contribution in [2.75, 3.05) is 20.2 Å². The van der Waals surface area contributed by atoms with E-state index >= 15 is 0 Å². The summed E-state index contributed by atoms with van der Waals surface area (Å²) in [5, 5.41) is 2.90. The fourth-order valence-electron chi connectivity index (χ4n) is 3.93. The van der Waals surface area contributed by atoms with E-state index in [4.69, 9.17) is 4.74 Å². The molecule has 0 aliphatic carbocycles. The quantitative estimate of drug-likeness (QED) is 0.471. The molecule has 3 aromatic heterocycles. The number of nitrogens with zero attached hydrogens (tertiary/aromatic N) is 2. The van der Waals surface area contributed by atoms with E-state index < -0.39 is 5.82 Å². The van der Waals surface area contributed by atoms with Gasteiger partial charge in [-0.1, -0.05) is 18.2 Å². The van der Waals surface area contributed by atoms with E-state index in [1.807, 2.05) is 40.7 Å². The summed E-state index contributed by atoms with van der Waals surface area (Å²) in [6.45, 7) is 1.25. The predicted molar refractivity (Wildman–Crippen MR) is 121 cm³/mol. The molecule has 0 unspecified atom stereocenters. The first kappa shape index (κ1) is 19.5. The number of nitrogens with one attached hydrogen (secondary N) is 1. The maximum Gasteiger partial charge on any atom is 0.264 e. The lowest BCUT2D eigenvalue weighted by Gasteiger charge is -2.26. The Balaban J connectivity index is 1.44. The number of fused-ring (bicyclic) bond motifs is 1. The molecule has 5 nitrogen and oxygen atoms in total. The Bertz CT molecular complexity index is 1290. The van der Waals surface area contributed by atoms with E-state index in [2.05, 4.69) is 16.0 Å². The number of ether oxygens (including phenoxy) is 1. The number of benzene rings is 1. The predicted octanol–water partition coefficient (Wildman–Crippen LogP) is 5.37. The van der Waals surface area contributed by atoms with E-state index in [0.29, 0.717) is 13.1 Å². The molecule has 0 bridgehead atoms. The summed E-state index contributed by atoms with van der Waals surface area (Å²) >= 11 is 1.47. The zero-order valence-corrected chi connectivity index (χ0v) is 17.7. The van der Waals surface area contributed by atoms with Gasteiger partial charge in [-0.15, -0.1) is 11.3 Å². The van der Waals surface area contributed by atoms with Gasteiger partial charge in [-0.2, -0.15) is 0 Å². The fraction of sp³-hybridized carbons (Fsp3) is 0.167. The highest BCUT2D eigenvalue weighted by molar-refractivity contribution is 7.12. The summed E-state index contributed by atoms with van der Waals surface area (Å²) < 4.78 is 19.2. The average molecular weight is 434 g/mol. The summed E-state index contributed by atoms with van der Waals surface area (Å²) in [7, 11) is 1.45. The van der Waals surface area contributed by atoms with Crippen LogP contribution in [0.4, 0.5) is 4.39 Å². The summed E-state index contributed by atoms with van der Waals surface area (Å²) in [5.41, 5.74) is 4.61. The van der Waals surface area contributed by atoms with Gasteiger partial charge in [0.05, 0.1) is 12.0 Å². The smallest absolute Gasteiger partial charge is 0.264 e. The fourth-order valence-corrected chi connectivity index (χ4v) is 4.62. The summed E-state index contributed by atoms with van der Waals surface area (Å²) in [6.07, 6.45) is 6.57. The largest absolute Gasteiger partial charge is 0.494 e. The molecule has 1 amide bonds. The number of rotatable bonds is 4. The van der Waals surface area contributed by atoms with Gasteiger partial charge < -0.3 is 14.6 Å². The Hall–Kier alpha value is -3.45. The third-order valence-corrected chi connectivity index (χ3v) is 6.45. The Kier molecular flexibility index (Phi) is 5.03. The lowest BCUT2D eigenvalue weighted by molar-refractivity contribution is 0.0777. The van der Waals surface area contributed by atoms with Gasteiger partial charge in [0, 0.05) is 42.0 Å². The van der Waals surface area contributed by atoms with Crippen molar-refractivity contribution in [3.05, 3.63) is 76.5 Å². The molecular formula is C24H20FN3O2S. The number of carbonyl (C=O) groups is 1. The van der Waals surface area contributed by atoms with Crippen LogP contribution in [-0.4, -0.2) is 41.0 Å². The van der Waals surface area contributed by atoms with Gasteiger partial charge in [0.2, 0.25) is 0 Å². The van der Waals surface area contributed by atoms with Crippen LogP contribution < -0.4 is 4.74 Å². The molecule has 0 saturated heterocycles. The van der Waals surface area contributed by atoms with Gasteiger partial charge in [-0.05, 0) is 47.2 Å². The van der Waals surface area contributed by atoms with Gasteiger partial charge in [0.15, 0.2) is 11.6 Å². The molecular weight excluding hydrogens is 413 g/mol. The SMILES string of the molecule is COc1ccc(-c2cnc3[nH]cc(C4=CCN(C(=O)c5cccs5)CC4)c3c2)cc1F. The second kappa shape index (κ2) is 8.00. The molecule has 0 spiro atoms. The molecule has 31 heavy (non-hydrogen) atoms. The first-order valence-corrected chi connectivity index (χ1v) is 10.9. The van der Waals surface area contributed by atoms with Crippen molar-refractivity contribution in [2.45, 2.75) is 6.42 Å². The van der Waals surface area contributed by atoms with Gasteiger partial charge in [0.25, 0.3) is 5.91 Å². The molecule has 1 aliphatic rings. The van der Waals surface area contributed by atoms with E-state index in [9.17, 15) is 9.18 Å². The highest BCUT2D eigenvalue weighted by Gasteiger charge is 2.21. The standard InChI is InChI=1S/C24H20FN3O2S/c1-30-21-5-4-16(12-20(21)25)17-11-18-19(14-27-23(18)26-13-17)15-6-8-28(9-7-15)24(29)22-3-2-10-31-22/h2-6,10-14H,7-9H2,1H3,(H,26,27). The number of hydrogen-bond acceptors (Lipinski definition) is 4. The summed E-state index contributed by atoms with van der Waals surface area (Å²) in [6, 6.07) is 10.7. The Labute approximate surface area is 182 Å². The van der Waals surface area contributed by atoms with Gasteiger partial charge in [-0.3, -0.25) is 4.79 Å². The second-order valence-corrected chi connectivity index (χ2v) is 8.33. The van der Waals surface area contributed by atoms with Crippen molar-refractivity contribution in [1.82, 2.24) is 14.9 Å². The average Bonchev–Trinajstić information content (AvgIpc) is 3.48. The maximum atomic E-state index is 14.2. The molecule has 4 heterocycles. The molecule has 0 radical (unpaired) electrons. The third kappa shape index (κ3) is 3.61. The van der Waals surface area contributed by atoms with Crippen LogP contribution in [0.3, 0.4) is 0 Å². The third-order valence-electron chi connectivity index (χ3n) is 5.59. The lowest BCUT2D eigenvalue weighted by atomic mass is 9.98. The van der Waals surface area contributed by atoms with Crippen LogP contribution >= 0.6 is 11.3 Å².